The molecule has 1 nitrogen and oxygen atoms in total. The van der Waals surface area contributed by atoms with Gasteiger partial charge in [0.1, 0.15) is 0 Å². The molecule has 0 unspecified atom stereocenters. The van der Waals surface area contributed by atoms with Crippen molar-refractivity contribution in [1.82, 2.24) is 0 Å². The zero-order valence-electron chi connectivity index (χ0n) is 5.86. The van der Waals surface area contributed by atoms with Gasteiger partial charge in [0.25, 0.3) is 0 Å². The van der Waals surface area contributed by atoms with E-state index in [4.69, 9.17) is 0 Å². The minimum absolute atomic E-state index is 0.248. The third kappa shape index (κ3) is 1.68. The van der Waals surface area contributed by atoms with Gasteiger partial charge in [-0.2, -0.15) is 0 Å². The van der Waals surface area contributed by atoms with Crippen LogP contribution < -0.4 is 0 Å². The van der Waals surface area contributed by atoms with Gasteiger partial charge >= 0.3 is 0 Å². The van der Waals surface area contributed by atoms with Gasteiger partial charge in [-0.1, -0.05) is 18.6 Å². The van der Waals surface area contributed by atoms with Crippen LogP contribution in [0.15, 0.2) is 21.3 Å². The lowest BCUT2D eigenvalue weighted by atomic mass is 10.0. The molecular weight excluding hydrogens is 239 g/mol. The number of carbonyl (C=O) groups is 1. The highest BCUT2D eigenvalue weighted by Gasteiger charge is 2.09. The van der Waals surface area contributed by atoms with E-state index in [0.29, 0.717) is 6.42 Å². The summed E-state index contributed by atoms with van der Waals surface area (Å²) in [5.41, 5.74) is 1.28. The highest BCUT2D eigenvalue weighted by atomic mass is 127. The van der Waals surface area contributed by atoms with Gasteiger partial charge in [-0.15, -0.1) is 0 Å². The van der Waals surface area contributed by atoms with Crippen molar-refractivity contribution in [2.75, 3.05) is 0 Å². The van der Waals surface area contributed by atoms with E-state index < -0.39 is 0 Å². The van der Waals surface area contributed by atoms with Crippen LogP contribution >= 0.6 is 22.6 Å². The van der Waals surface area contributed by atoms with Crippen LogP contribution in [0, 0.1) is 0 Å². The van der Waals surface area contributed by atoms with Gasteiger partial charge in [0.2, 0.25) is 0 Å². The lowest BCUT2D eigenvalue weighted by molar-refractivity contribution is -0.114. The summed E-state index contributed by atoms with van der Waals surface area (Å²) in [6, 6.07) is 0. The molecule has 0 saturated heterocycles. The molecular formula is C8H9IO. The lowest BCUT2D eigenvalue weighted by Gasteiger charge is -2.05. The minimum atomic E-state index is 0.248. The zero-order chi connectivity index (χ0) is 7.56. The predicted molar refractivity (Wildman–Crippen MR) is 50.1 cm³/mol. The summed E-state index contributed by atoms with van der Waals surface area (Å²) in [6.07, 6.45) is 5.59. The van der Waals surface area contributed by atoms with Crippen LogP contribution in [-0.2, 0) is 4.79 Å². The van der Waals surface area contributed by atoms with Crippen LogP contribution in [0.1, 0.15) is 19.8 Å². The molecule has 1 aliphatic rings. The second-order valence-corrected chi connectivity index (χ2v) is 3.41. The Labute approximate surface area is 74.3 Å². The number of ketones is 1. The number of carbonyl (C=O) groups excluding carboxylic acids is 1. The Bertz CT molecular complexity index is 213. The lowest BCUT2D eigenvalue weighted by Crippen LogP contribution is -2.00. The smallest absolute Gasteiger partial charge is 0.172 e. The summed E-state index contributed by atoms with van der Waals surface area (Å²) in [5.74, 6) is 0.248. The van der Waals surface area contributed by atoms with Crippen LogP contribution in [0.25, 0.3) is 0 Å². The number of hydrogen-bond acceptors (Lipinski definition) is 1. The molecule has 0 bridgehead atoms. The van der Waals surface area contributed by atoms with Crippen molar-refractivity contribution in [3.8, 4) is 0 Å². The average Bonchev–Trinajstić information content (AvgIpc) is 1.95. The van der Waals surface area contributed by atoms with Gasteiger partial charge in [-0.25, -0.2) is 0 Å². The van der Waals surface area contributed by atoms with Crippen LogP contribution in [0.2, 0.25) is 0 Å². The van der Waals surface area contributed by atoms with Crippen molar-refractivity contribution < 1.29 is 4.79 Å². The van der Waals surface area contributed by atoms with Crippen molar-refractivity contribution in [2.24, 2.45) is 0 Å². The summed E-state index contributed by atoms with van der Waals surface area (Å²) < 4.78 is 0.872. The van der Waals surface area contributed by atoms with Crippen LogP contribution in [0.5, 0.6) is 0 Å². The largest absolute Gasteiger partial charge is 0.293 e. The number of halogens is 1. The molecule has 2 heteroatoms. The predicted octanol–water partition coefficient (Wildman–Crippen LogP) is 2.61. The quantitative estimate of drug-likeness (QED) is 0.652. The molecule has 0 saturated carbocycles. The molecule has 0 N–H and O–H groups in total. The monoisotopic (exact) mass is 248 g/mol. The molecule has 0 aromatic carbocycles. The third-order valence-electron chi connectivity index (χ3n) is 1.54. The molecule has 0 atom stereocenters. The molecule has 10 heavy (non-hydrogen) atoms. The topological polar surface area (TPSA) is 17.1 Å². The fraction of sp³-hybridized carbons (Fsp3) is 0.375. The average molecular weight is 248 g/mol. The van der Waals surface area contributed by atoms with Crippen LogP contribution in [0.4, 0.5) is 0 Å². The summed E-state index contributed by atoms with van der Waals surface area (Å²) in [5, 5.41) is 0. The number of allylic oxidation sites excluding steroid dienone is 4. The van der Waals surface area contributed by atoms with E-state index in [9.17, 15) is 4.79 Å². The number of hydrogen-bond donors (Lipinski definition) is 0. The van der Waals surface area contributed by atoms with Gasteiger partial charge in [-0.3, -0.25) is 4.79 Å². The Kier molecular flexibility index (Phi) is 2.65. The molecule has 0 aromatic rings. The molecule has 0 aliphatic heterocycles. The zero-order valence-corrected chi connectivity index (χ0v) is 8.01. The first-order chi connectivity index (χ1) is 4.74. The molecule has 0 amide bonds. The maximum Gasteiger partial charge on any atom is 0.172 e. The molecule has 0 radical (unpaired) electrons. The number of rotatable bonds is 1. The summed E-state index contributed by atoms with van der Waals surface area (Å²) >= 11 is 2.09. The summed E-state index contributed by atoms with van der Waals surface area (Å²) in [6.45, 7) is 2.10. The molecule has 1 aliphatic carbocycles. The third-order valence-corrected chi connectivity index (χ3v) is 2.45. The Morgan fingerprint density at radius 2 is 2.40 bits per heavy atom. The van der Waals surface area contributed by atoms with E-state index in [2.05, 4.69) is 29.5 Å². The molecule has 0 spiro atoms. The van der Waals surface area contributed by atoms with E-state index in [1.807, 2.05) is 12.2 Å². The Morgan fingerprint density at radius 3 is 2.90 bits per heavy atom. The second-order valence-electron chi connectivity index (χ2n) is 2.25. The van der Waals surface area contributed by atoms with Gasteiger partial charge in [-0.05, 0) is 35.1 Å². The van der Waals surface area contributed by atoms with Gasteiger partial charge in [0, 0.05) is 6.42 Å². The van der Waals surface area contributed by atoms with E-state index >= 15 is 0 Å². The molecule has 0 heterocycles. The van der Waals surface area contributed by atoms with Gasteiger partial charge < -0.3 is 0 Å². The Balaban J connectivity index is 2.79. The minimum Gasteiger partial charge on any atom is -0.293 e. The highest BCUT2D eigenvalue weighted by molar-refractivity contribution is 14.1. The molecule has 1 rings (SSSR count). The molecule has 0 aromatic heterocycles. The SMILES string of the molecule is CCC1=CCC(=O)C(I)=C1. The maximum absolute atomic E-state index is 10.9. The van der Waals surface area contributed by atoms with Crippen LogP contribution in [0.3, 0.4) is 0 Å². The van der Waals surface area contributed by atoms with E-state index in [-0.39, 0.29) is 5.78 Å². The van der Waals surface area contributed by atoms with Crippen molar-refractivity contribution in [3.63, 3.8) is 0 Å². The second kappa shape index (κ2) is 3.32. The van der Waals surface area contributed by atoms with Crippen molar-refractivity contribution >= 4 is 28.4 Å². The summed E-state index contributed by atoms with van der Waals surface area (Å²) in [4.78, 5) is 10.9. The van der Waals surface area contributed by atoms with Crippen molar-refractivity contribution in [3.05, 3.63) is 21.3 Å². The molecule has 54 valence electrons. The normalized spacial score (nSPS) is 18.4. The number of Topliss-reactive ketones (excluding diaryl/α,β-unsaturated/α-hetero) is 1. The van der Waals surface area contributed by atoms with E-state index in [1.54, 1.807) is 0 Å². The van der Waals surface area contributed by atoms with Crippen molar-refractivity contribution in [2.45, 2.75) is 19.8 Å². The highest BCUT2D eigenvalue weighted by Crippen LogP contribution is 2.20. The first-order valence-corrected chi connectivity index (χ1v) is 4.41. The Hall–Kier alpha value is -0.120. The Morgan fingerprint density at radius 1 is 1.70 bits per heavy atom. The summed E-state index contributed by atoms with van der Waals surface area (Å²) in [7, 11) is 0. The standard InChI is InChI=1S/C8H9IO/c1-2-6-3-4-8(10)7(9)5-6/h3,5H,2,4H2,1H3. The van der Waals surface area contributed by atoms with Gasteiger partial charge in [0.15, 0.2) is 5.78 Å². The molecule has 0 fully saturated rings. The van der Waals surface area contributed by atoms with E-state index in [0.717, 1.165) is 10.0 Å². The maximum atomic E-state index is 10.9. The fourth-order valence-corrected chi connectivity index (χ4v) is 1.49. The van der Waals surface area contributed by atoms with Crippen LogP contribution in [-0.4, -0.2) is 5.78 Å². The van der Waals surface area contributed by atoms with E-state index in [1.165, 1.54) is 5.57 Å². The first kappa shape index (κ1) is 7.98. The van der Waals surface area contributed by atoms with Gasteiger partial charge in [0.05, 0.1) is 3.58 Å². The first-order valence-electron chi connectivity index (χ1n) is 3.33. The fourth-order valence-electron chi connectivity index (χ4n) is 0.870. The van der Waals surface area contributed by atoms with Crippen molar-refractivity contribution in [1.29, 1.82) is 0 Å².